The van der Waals surface area contributed by atoms with Crippen molar-refractivity contribution < 1.29 is 32.8 Å². The second-order valence-corrected chi connectivity index (χ2v) is 16.7. The molecular formula is C59H52N3O7P. The molecule has 0 saturated heterocycles. The Morgan fingerprint density at radius 2 is 1.14 bits per heavy atom. The van der Waals surface area contributed by atoms with Gasteiger partial charge in [0.25, 0.3) is 14.4 Å². The molecule has 0 spiro atoms. The van der Waals surface area contributed by atoms with Gasteiger partial charge in [-0.3, -0.25) is 4.79 Å². The topological polar surface area (TPSA) is 92.1 Å². The molecule has 1 fully saturated rings. The predicted octanol–water partition coefficient (Wildman–Crippen LogP) is 7.25. The van der Waals surface area contributed by atoms with Crippen LogP contribution in [0.5, 0.6) is 11.5 Å². The third kappa shape index (κ3) is 16.7. The summed E-state index contributed by atoms with van der Waals surface area (Å²) in [5, 5.41) is 3.05. The van der Waals surface area contributed by atoms with Crippen LogP contribution in [0.25, 0.3) is 4.85 Å². The Hall–Kier alpha value is -7.95. The van der Waals surface area contributed by atoms with Crippen LogP contribution in [-0.4, -0.2) is 82.0 Å². The summed E-state index contributed by atoms with van der Waals surface area (Å²) in [6.07, 6.45) is -0.883. The van der Waals surface area contributed by atoms with Gasteiger partial charge in [0, 0.05) is 42.9 Å². The molecule has 10 nitrogen and oxygen atoms in total. The number of rotatable bonds is 18. The largest absolute Gasteiger partial charge is 0.497 e. The van der Waals surface area contributed by atoms with Crippen molar-refractivity contribution in [3.63, 3.8) is 0 Å². The van der Waals surface area contributed by atoms with Crippen LogP contribution in [0, 0.1) is 131 Å². The normalized spacial score (nSPS) is 15.3. The van der Waals surface area contributed by atoms with Crippen molar-refractivity contribution in [2.24, 2.45) is 5.92 Å². The van der Waals surface area contributed by atoms with Crippen LogP contribution in [0.4, 0.5) is 0 Å². The van der Waals surface area contributed by atoms with Crippen molar-refractivity contribution in [3.05, 3.63) is 107 Å². The first kappa shape index (κ1) is 54.7. The van der Waals surface area contributed by atoms with E-state index in [1.54, 1.807) is 28.3 Å². The second-order valence-electron chi connectivity index (χ2n) is 15.3. The van der Waals surface area contributed by atoms with Crippen molar-refractivity contribution in [1.29, 1.82) is 0 Å². The lowest BCUT2D eigenvalue weighted by Gasteiger charge is -2.40. The molecule has 3 aromatic carbocycles. The summed E-state index contributed by atoms with van der Waals surface area (Å²) in [5.74, 6) is 51.6. The van der Waals surface area contributed by atoms with Gasteiger partial charge < -0.3 is 38.2 Å². The Bertz CT molecular complexity index is 2900. The van der Waals surface area contributed by atoms with Crippen LogP contribution >= 0.6 is 8.53 Å². The highest BCUT2D eigenvalue weighted by molar-refractivity contribution is 7.44. The number of carbonyl (C=O) groups is 1. The number of ether oxygens (including phenoxy) is 4. The number of nitrogens with zero attached hydrogens (tertiary/aromatic N) is 2. The molecule has 350 valence electrons. The lowest BCUT2D eigenvalue weighted by atomic mass is 9.79. The van der Waals surface area contributed by atoms with E-state index >= 15 is 0 Å². The Morgan fingerprint density at radius 1 is 0.686 bits per heavy atom. The highest BCUT2D eigenvalue weighted by atomic mass is 31.2. The van der Waals surface area contributed by atoms with Gasteiger partial charge in [-0.2, -0.15) is 0 Å². The molecule has 2 unspecified atom stereocenters. The van der Waals surface area contributed by atoms with Gasteiger partial charge >= 0.3 is 0 Å². The molecule has 11 heteroatoms. The Morgan fingerprint density at radius 3 is 1.57 bits per heavy atom. The van der Waals surface area contributed by atoms with E-state index in [1.807, 2.05) is 78.9 Å². The third-order valence-corrected chi connectivity index (χ3v) is 12.4. The molecule has 1 N–H and O–H groups in total. The lowest BCUT2D eigenvalue weighted by Crippen LogP contribution is -2.45. The standard InChI is InChI=1S/C59H52N3O7P/c1-10-11-12-13-14-15-16-17-18-19-20-21-22-23-24-25-26-27-31-34-56(63)61-55-45-49(57(58(55)66-9)69-70(68-44-43-60-6)62(47(2)3)48(4)5)46-67-59(50-32-29-28-30-33-50,51-35-39-53(64-7)40-36-51)52-37-41-54(65-8)42-38-52/h28-30,32-33,35-42,47-49,55,57-58H,43-46H2,1-5,7-9H3,(H,61,63)/t49-,55+,57?,58-,70?/m1/s1. The van der Waals surface area contributed by atoms with Gasteiger partial charge in [0.2, 0.25) is 6.54 Å². The lowest BCUT2D eigenvalue weighted by molar-refractivity contribution is -0.117. The average Bonchev–Trinajstić information content (AvgIpc) is 3.69. The quantitative estimate of drug-likeness (QED) is 0.0470. The fraction of sp³-hybridized carbons (Fsp3) is 0.322. The third-order valence-electron chi connectivity index (χ3n) is 10.2. The highest BCUT2D eigenvalue weighted by Crippen LogP contribution is 2.51. The summed E-state index contributed by atoms with van der Waals surface area (Å²) in [6, 6.07) is 25.2. The maximum absolute atomic E-state index is 13.4. The van der Waals surface area contributed by atoms with E-state index in [2.05, 4.69) is 161 Å². The summed E-state index contributed by atoms with van der Waals surface area (Å²) < 4.78 is 40.3. The van der Waals surface area contributed by atoms with E-state index < -0.39 is 38.3 Å². The molecule has 5 atom stereocenters. The van der Waals surface area contributed by atoms with E-state index in [4.69, 9.17) is 34.6 Å². The molecule has 3 aromatic rings. The molecule has 1 amide bonds. The van der Waals surface area contributed by atoms with Gasteiger partial charge in [-0.05, 0) is 177 Å². The molecule has 1 aliphatic rings. The minimum atomic E-state index is -1.72. The van der Waals surface area contributed by atoms with Gasteiger partial charge in [-0.25, -0.2) is 11.2 Å². The van der Waals surface area contributed by atoms with Crippen molar-refractivity contribution in [1.82, 2.24) is 9.99 Å². The number of benzene rings is 3. The molecular weight excluding hydrogens is 894 g/mol. The first-order valence-corrected chi connectivity index (χ1v) is 23.2. The first-order chi connectivity index (χ1) is 34.1. The van der Waals surface area contributed by atoms with Gasteiger partial charge in [0.15, 0.2) is 0 Å². The maximum Gasteiger partial charge on any atom is 0.297 e. The summed E-state index contributed by atoms with van der Waals surface area (Å²) in [4.78, 5) is 17.0. The van der Waals surface area contributed by atoms with Crippen LogP contribution in [0.3, 0.4) is 0 Å². The number of methoxy groups -OCH3 is 3. The Kier molecular flexibility index (Phi) is 23.8. The van der Waals surface area contributed by atoms with E-state index in [-0.39, 0.29) is 37.8 Å². The first-order valence-electron chi connectivity index (χ1n) is 22.1. The fourth-order valence-electron chi connectivity index (χ4n) is 7.39. The summed E-state index contributed by atoms with van der Waals surface area (Å²) in [6.45, 7) is 17.9. The molecule has 0 aliphatic heterocycles. The Balaban J connectivity index is 1.65. The van der Waals surface area contributed by atoms with Gasteiger partial charge in [-0.1, -0.05) is 60.5 Å². The van der Waals surface area contributed by atoms with Crippen LogP contribution in [-0.2, 0) is 28.9 Å². The number of hydrogen-bond donors (Lipinski definition) is 1. The summed E-state index contributed by atoms with van der Waals surface area (Å²) >= 11 is 0. The second kappa shape index (κ2) is 30.4. The number of hydrogen-bond acceptors (Lipinski definition) is 8. The van der Waals surface area contributed by atoms with Crippen molar-refractivity contribution in [2.75, 3.05) is 41.1 Å². The summed E-state index contributed by atoms with van der Waals surface area (Å²) in [7, 11) is 3.13. The van der Waals surface area contributed by atoms with Crippen LogP contribution in [0.2, 0.25) is 0 Å². The zero-order chi connectivity index (χ0) is 50.4. The number of nitrogens with one attached hydrogen (secondary N) is 1. The zero-order valence-corrected chi connectivity index (χ0v) is 41.4. The molecule has 0 bridgehead atoms. The van der Waals surface area contributed by atoms with E-state index in [0.717, 1.165) is 16.7 Å². The SMILES string of the molecule is [C-]#[N+]CCOP(OC1[C@@H](COC(c2ccccc2)(c2ccc(OC)cc2)c2ccc(OC)cc2)C[C@H](NC(=O)C#CC#CC#CC#CC#CC#CC#CC#CC#CC#CC)[C@H]1OC)N(C(C)C)C(C)C. The van der Waals surface area contributed by atoms with E-state index in [1.165, 1.54) is 0 Å². The van der Waals surface area contributed by atoms with Gasteiger partial charge in [0.05, 0.1) is 33.0 Å². The maximum atomic E-state index is 13.4. The number of carbonyl (C=O) groups excluding carboxylic acids is 1. The molecule has 70 heavy (non-hydrogen) atoms. The van der Waals surface area contributed by atoms with Crippen LogP contribution in [0.1, 0.15) is 57.7 Å². The monoisotopic (exact) mass is 945 g/mol. The zero-order valence-electron chi connectivity index (χ0n) is 40.5. The fourth-order valence-corrected chi connectivity index (χ4v) is 9.19. The van der Waals surface area contributed by atoms with Crippen LogP contribution in [0.15, 0.2) is 78.9 Å². The Labute approximate surface area is 416 Å². The highest BCUT2D eigenvalue weighted by Gasteiger charge is 2.49. The minimum absolute atomic E-state index is 0.0414. The van der Waals surface area contributed by atoms with Crippen molar-refractivity contribution in [3.8, 4) is 130 Å². The average molecular weight is 946 g/mol. The molecule has 0 heterocycles. The molecule has 1 aliphatic carbocycles. The van der Waals surface area contributed by atoms with E-state index in [0.29, 0.717) is 17.9 Å². The smallest absolute Gasteiger partial charge is 0.297 e. The number of amides is 1. The van der Waals surface area contributed by atoms with Crippen LogP contribution < -0.4 is 14.8 Å². The summed E-state index contributed by atoms with van der Waals surface area (Å²) in [5.41, 5.74) is 1.49. The minimum Gasteiger partial charge on any atom is -0.497 e. The molecule has 0 radical (unpaired) electrons. The molecule has 1 saturated carbocycles. The van der Waals surface area contributed by atoms with Gasteiger partial charge in [0.1, 0.15) is 29.8 Å². The van der Waals surface area contributed by atoms with Crippen molar-refractivity contribution >= 4 is 14.4 Å². The molecule has 0 aromatic heterocycles. The van der Waals surface area contributed by atoms with E-state index in [9.17, 15) is 4.79 Å². The predicted molar refractivity (Wildman–Crippen MR) is 274 cm³/mol. The van der Waals surface area contributed by atoms with Crippen molar-refractivity contribution in [2.45, 2.75) is 77.0 Å². The van der Waals surface area contributed by atoms with Gasteiger partial charge in [-0.15, -0.1) is 0 Å². The molecule has 4 rings (SSSR count).